The van der Waals surface area contributed by atoms with Crippen LogP contribution in [-0.2, 0) is 4.79 Å². The van der Waals surface area contributed by atoms with Crippen LogP contribution in [0.3, 0.4) is 0 Å². The molecule has 124 valence electrons. The van der Waals surface area contributed by atoms with Gasteiger partial charge in [0.1, 0.15) is 6.04 Å². The van der Waals surface area contributed by atoms with Gasteiger partial charge in [-0.25, -0.2) is 4.98 Å². The molecule has 4 aromatic rings. The molecule has 1 unspecified atom stereocenters. The van der Waals surface area contributed by atoms with Crippen molar-refractivity contribution in [1.29, 1.82) is 0 Å². The normalized spacial score (nSPS) is 12.2. The van der Waals surface area contributed by atoms with Crippen molar-refractivity contribution in [3.8, 4) is 0 Å². The zero-order valence-electron chi connectivity index (χ0n) is 13.6. The maximum absolute atomic E-state index is 12.6. The summed E-state index contributed by atoms with van der Waals surface area (Å²) in [4.78, 5) is 21.4. The summed E-state index contributed by atoms with van der Waals surface area (Å²) in [5, 5.41) is 7.81. The maximum atomic E-state index is 12.6. The fraction of sp³-hybridized carbons (Fsp3) is 0.105. The third-order valence-corrected chi connectivity index (χ3v) is 4.90. The number of nitrogens with zero attached hydrogens (tertiary/aromatic N) is 2. The molecule has 5 nitrogen and oxygen atoms in total. The van der Waals surface area contributed by atoms with Crippen LogP contribution in [0.2, 0.25) is 0 Å². The highest BCUT2D eigenvalue weighted by Gasteiger charge is 2.16. The minimum absolute atomic E-state index is 0.115. The standard InChI is InChI=1S/C19H16N4OS/c1-12(21-19-23-16-7-2-3-10-17(16)25-19)18(24)22-15-9-4-8-14-13(15)6-5-11-20-14/h2-12H,1H3,(H,21,23)(H,22,24). The number of benzene rings is 2. The number of nitrogens with one attached hydrogen (secondary N) is 2. The molecule has 0 aliphatic heterocycles. The Hall–Kier alpha value is -2.99. The van der Waals surface area contributed by atoms with Gasteiger partial charge >= 0.3 is 0 Å². The summed E-state index contributed by atoms with van der Waals surface area (Å²) in [5.74, 6) is -0.115. The molecule has 6 heteroatoms. The molecule has 4 rings (SSSR count). The first-order valence-corrected chi connectivity index (χ1v) is 8.79. The monoisotopic (exact) mass is 348 g/mol. The van der Waals surface area contributed by atoms with E-state index in [4.69, 9.17) is 0 Å². The summed E-state index contributed by atoms with van der Waals surface area (Å²) < 4.78 is 1.10. The molecule has 0 radical (unpaired) electrons. The first-order chi connectivity index (χ1) is 12.2. The van der Waals surface area contributed by atoms with Gasteiger partial charge in [-0.15, -0.1) is 0 Å². The summed E-state index contributed by atoms with van der Waals surface area (Å²) in [6.07, 6.45) is 1.74. The zero-order chi connectivity index (χ0) is 17.2. The summed E-state index contributed by atoms with van der Waals surface area (Å²) in [7, 11) is 0. The average Bonchev–Trinajstić information content (AvgIpc) is 3.04. The lowest BCUT2D eigenvalue weighted by atomic mass is 10.1. The number of para-hydroxylation sites is 1. The number of carbonyl (C=O) groups is 1. The molecular formula is C19H16N4OS. The molecule has 0 fully saturated rings. The van der Waals surface area contributed by atoms with Crippen molar-refractivity contribution in [1.82, 2.24) is 9.97 Å². The Morgan fingerprint density at radius 1 is 1.04 bits per heavy atom. The van der Waals surface area contributed by atoms with Crippen molar-refractivity contribution in [2.24, 2.45) is 0 Å². The van der Waals surface area contributed by atoms with Crippen molar-refractivity contribution < 1.29 is 4.79 Å². The number of thiazole rings is 1. The number of carbonyl (C=O) groups excluding carboxylic acids is 1. The van der Waals surface area contributed by atoms with Crippen LogP contribution < -0.4 is 10.6 Å². The van der Waals surface area contributed by atoms with E-state index in [1.165, 1.54) is 11.3 Å². The molecule has 0 saturated carbocycles. The second kappa shape index (κ2) is 6.49. The van der Waals surface area contributed by atoms with E-state index >= 15 is 0 Å². The molecule has 0 aliphatic carbocycles. The van der Waals surface area contributed by atoms with E-state index < -0.39 is 6.04 Å². The lowest BCUT2D eigenvalue weighted by Crippen LogP contribution is -2.31. The molecule has 1 atom stereocenters. The van der Waals surface area contributed by atoms with Crippen LogP contribution in [0.1, 0.15) is 6.92 Å². The summed E-state index contributed by atoms with van der Waals surface area (Å²) in [6.45, 7) is 1.82. The van der Waals surface area contributed by atoms with Crippen LogP contribution in [0, 0.1) is 0 Å². The van der Waals surface area contributed by atoms with Crippen LogP contribution in [0.4, 0.5) is 10.8 Å². The van der Waals surface area contributed by atoms with Crippen molar-refractivity contribution in [3.05, 3.63) is 60.8 Å². The van der Waals surface area contributed by atoms with Gasteiger partial charge in [0.15, 0.2) is 5.13 Å². The average molecular weight is 348 g/mol. The lowest BCUT2D eigenvalue weighted by molar-refractivity contribution is -0.116. The number of anilines is 2. The number of hydrogen-bond acceptors (Lipinski definition) is 5. The molecule has 2 aromatic heterocycles. The number of pyridine rings is 1. The number of rotatable bonds is 4. The minimum Gasteiger partial charge on any atom is -0.350 e. The highest BCUT2D eigenvalue weighted by molar-refractivity contribution is 7.22. The van der Waals surface area contributed by atoms with Gasteiger partial charge in [-0.05, 0) is 43.3 Å². The lowest BCUT2D eigenvalue weighted by Gasteiger charge is -2.14. The first kappa shape index (κ1) is 15.5. The molecule has 2 heterocycles. The minimum atomic E-state index is -0.410. The zero-order valence-corrected chi connectivity index (χ0v) is 14.4. The molecule has 0 bridgehead atoms. The van der Waals surface area contributed by atoms with Gasteiger partial charge in [-0.3, -0.25) is 9.78 Å². The third-order valence-electron chi connectivity index (χ3n) is 3.93. The molecule has 0 aliphatic rings. The Kier molecular flexibility index (Phi) is 4.03. The van der Waals surface area contributed by atoms with Gasteiger partial charge in [-0.2, -0.15) is 0 Å². The quantitative estimate of drug-likeness (QED) is 0.577. The van der Waals surface area contributed by atoms with Crippen LogP contribution in [0.5, 0.6) is 0 Å². The number of fused-ring (bicyclic) bond motifs is 2. The van der Waals surface area contributed by atoms with E-state index in [1.807, 2.05) is 61.5 Å². The second-order valence-electron chi connectivity index (χ2n) is 5.72. The van der Waals surface area contributed by atoms with Crippen molar-refractivity contribution >= 4 is 49.2 Å². The van der Waals surface area contributed by atoms with E-state index in [9.17, 15) is 4.79 Å². The molecule has 25 heavy (non-hydrogen) atoms. The predicted molar refractivity (Wildman–Crippen MR) is 103 cm³/mol. The van der Waals surface area contributed by atoms with E-state index in [1.54, 1.807) is 6.20 Å². The molecule has 0 saturated heterocycles. The van der Waals surface area contributed by atoms with E-state index in [2.05, 4.69) is 20.6 Å². The number of hydrogen-bond donors (Lipinski definition) is 2. The number of amides is 1. The third kappa shape index (κ3) is 3.16. The van der Waals surface area contributed by atoms with E-state index in [0.717, 1.165) is 31.9 Å². The largest absolute Gasteiger partial charge is 0.350 e. The SMILES string of the molecule is CC(Nc1nc2ccccc2s1)C(=O)Nc1cccc2ncccc12. The van der Waals surface area contributed by atoms with Crippen LogP contribution in [0.25, 0.3) is 21.1 Å². The van der Waals surface area contributed by atoms with Gasteiger partial charge in [0, 0.05) is 11.6 Å². The summed E-state index contributed by atoms with van der Waals surface area (Å²) in [6, 6.07) is 17.0. The van der Waals surface area contributed by atoms with Gasteiger partial charge < -0.3 is 10.6 Å². The first-order valence-electron chi connectivity index (χ1n) is 7.97. The van der Waals surface area contributed by atoms with Crippen LogP contribution in [0.15, 0.2) is 60.8 Å². The van der Waals surface area contributed by atoms with Gasteiger partial charge in [-0.1, -0.05) is 29.5 Å². The highest BCUT2D eigenvalue weighted by atomic mass is 32.1. The van der Waals surface area contributed by atoms with Crippen molar-refractivity contribution in [2.75, 3.05) is 10.6 Å². The van der Waals surface area contributed by atoms with E-state index in [0.29, 0.717) is 0 Å². The molecule has 2 N–H and O–H groups in total. The fourth-order valence-corrected chi connectivity index (χ4v) is 3.59. The molecular weight excluding hydrogens is 332 g/mol. The van der Waals surface area contributed by atoms with Crippen LogP contribution >= 0.6 is 11.3 Å². The van der Waals surface area contributed by atoms with Crippen molar-refractivity contribution in [2.45, 2.75) is 13.0 Å². The number of aromatic nitrogens is 2. The second-order valence-corrected chi connectivity index (χ2v) is 6.75. The van der Waals surface area contributed by atoms with Gasteiger partial charge in [0.05, 0.1) is 21.4 Å². The van der Waals surface area contributed by atoms with E-state index in [-0.39, 0.29) is 5.91 Å². The fourth-order valence-electron chi connectivity index (χ4n) is 2.64. The Labute approximate surface area is 148 Å². The smallest absolute Gasteiger partial charge is 0.246 e. The maximum Gasteiger partial charge on any atom is 0.246 e. The highest BCUT2D eigenvalue weighted by Crippen LogP contribution is 2.26. The Balaban J connectivity index is 1.52. The Morgan fingerprint density at radius 3 is 2.76 bits per heavy atom. The van der Waals surface area contributed by atoms with Crippen LogP contribution in [-0.4, -0.2) is 21.9 Å². The topological polar surface area (TPSA) is 66.9 Å². The molecule has 1 amide bonds. The summed E-state index contributed by atoms with van der Waals surface area (Å²) in [5.41, 5.74) is 2.54. The Morgan fingerprint density at radius 2 is 1.88 bits per heavy atom. The Bertz CT molecular complexity index is 1020. The molecule has 0 spiro atoms. The van der Waals surface area contributed by atoms with Crippen molar-refractivity contribution in [3.63, 3.8) is 0 Å². The van der Waals surface area contributed by atoms with Gasteiger partial charge in [0.2, 0.25) is 5.91 Å². The summed E-state index contributed by atoms with van der Waals surface area (Å²) >= 11 is 1.54. The predicted octanol–water partition coefficient (Wildman–Crippen LogP) is 4.28. The van der Waals surface area contributed by atoms with Gasteiger partial charge in [0.25, 0.3) is 0 Å². The molecule has 2 aromatic carbocycles.